The third kappa shape index (κ3) is 7.14. The molecule has 5 heteroatoms. The quantitative estimate of drug-likeness (QED) is 0.706. The summed E-state index contributed by atoms with van der Waals surface area (Å²) in [4.78, 5) is 11.8. The lowest BCUT2D eigenvalue weighted by Gasteiger charge is -2.34. The Morgan fingerprint density at radius 2 is 2.00 bits per heavy atom. The van der Waals surface area contributed by atoms with E-state index in [2.05, 4.69) is 24.5 Å². The maximum absolute atomic E-state index is 11.8. The summed E-state index contributed by atoms with van der Waals surface area (Å²) < 4.78 is 4.93. The van der Waals surface area contributed by atoms with Gasteiger partial charge in [0.2, 0.25) is 5.91 Å². The summed E-state index contributed by atoms with van der Waals surface area (Å²) >= 11 is 0. The van der Waals surface area contributed by atoms with Gasteiger partial charge in [-0.1, -0.05) is 26.7 Å². The number of amides is 1. The van der Waals surface area contributed by atoms with Gasteiger partial charge in [0.05, 0.1) is 13.2 Å². The zero-order valence-electron chi connectivity index (χ0n) is 12.4. The van der Waals surface area contributed by atoms with Crippen molar-refractivity contribution in [2.24, 2.45) is 11.8 Å². The van der Waals surface area contributed by atoms with Gasteiger partial charge >= 0.3 is 0 Å². The molecular weight excluding hydrogens is 264 g/mol. The predicted molar refractivity (Wildman–Crippen MR) is 80.7 cm³/mol. The first-order valence-corrected chi connectivity index (χ1v) is 7.14. The van der Waals surface area contributed by atoms with E-state index < -0.39 is 0 Å². The lowest BCUT2D eigenvalue weighted by atomic mass is 9.78. The summed E-state index contributed by atoms with van der Waals surface area (Å²) in [5.74, 6) is 1.40. The summed E-state index contributed by atoms with van der Waals surface area (Å²) in [5, 5.41) is 6.27. The van der Waals surface area contributed by atoms with Gasteiger partial charge in [-0.15, -0.1) is 12.4 Å². The van der Waals surface area contributed by atoms with E-state index in [1.165, 1.54) is 19.3 Å². The van der Waals surface area contributed by atoms with E-state index >= 15 is 0 Å². The van der Waals surface area contributed by atoms with Crippen molar-refractivity contribution >= 4 is 18.3 Å². The van der Waals surface area contributed by atoms with E-state index in [1.54, 1.807) is 7.11 Å². The molecule has 1 amide bonds. The summed E-state index contributed by atoms with van der Waals surface area (Å²) in [6.45, 7) is 6.27. The molecule has 0 aliphatic heterocycles. The van der Waals surface area contributed by atoms with E-state index in [-0.39, 0.29) is 18.3 Å². The van der Waals surface area contributed by atoms with Crippen LogP contribution >= 0.6 is 12.4 Å². The normalized spacial score (nSPS) is 22.9. The highest BCUT2D eigenvalue weighted by molar-refractivity contribution is 5.85. The fourth-order valence-electron chi connectivity index (χ4n) is 2.77. The number of methoxy groups -OCH3 is 1. The van der Waals surface area contributed by atoms with Crippen LogP contribution in [0, 0.1) is 11.8 Å². The molecule has 0 aromatic rings. The number of halogens is 1. The Kier molecular flexibility index (Phi) is 10.3. The van der Waals surface area contributed by atoms with Gasteiger partial charge in [-0.3, -0.25) is 4.79 Å². The van der Waals surface area contributed by atoms with Crippen LogP contribution in [-0.2, 0) is 9.53 Å². The number of hydrogen-bond acceptors (Lipinski definition) is 3. The van der Waals surface area contributed by atoms with Crippen molar-refractivity contribution in [1.82, 2.24) is 10.6 Å². The molecule has 1 saturated carbocycles. The standard InChI is InChI=1S/C14H28N2O2.ClH/c1-11(2)12-6-4-5-7-13(12)16-14(17)10-15-8-9-18-3;/h11-13,15H,4-10H2,1-3H3,(H,16,17);1H. The third-order valence-corrected chi connectivity index (χ3v) is 3.79. The maximum atomic E-state index is 11.8. The van der Waals surface area contributed by atoms with Crippen molar-refractivity contribution in [2.45, 2.75) is 45.6 Å². The highest BCUT2D eigenvalue weighted by Gasteiger charge is 2.28. The topological polar surface area (TPSA) is 50.4 Å². The molecule has 0 aromatic heterocycles. The Bertz CT molecular complexity index is 250. The molecule has 1 fully saturated rings. The van der Waals surface area contributed by atoms with Crippen molar-refractivity contribution in [3.63, 3.8) is 0 Å². The SMILES string of the molecule is COCCNCC(=O)NC1CCCCC1C(C)C.Cl. The molecule has 0 heterocycles. The van der Waals surface area contributed by atoms with Crippen LogP contribution in [0.2, 0.25) is 0 Å². The Morgan fingerprint density at radius 3 is 2.63 bits per heavy atom. The summed E-state index contributed by atoms with van der Waals surface area (Å²) in [6, 6.07) is 0.371. The van der Waals surface area contributed by atoms with Gasteiger partial charge in [0.25, 0.3) is 0 Å². The van der Waals surface area contributed by atoms with Crippen LogP contribution in [0.3, 0.4) is 0 Å². The molecule has 0 spiro atoms. The van der Waals surface area contributed by atoms with Crippen LogP contribution in [0.4, 0.5) is 0 Å². The Hall–Kier alpha value is -0.320. The molecule has 114 valence electrons. The smallest absolute Gasteiger partial charge is 0.234 e. The second-order valence-corrected chi connectivity index (χ2v) is 5.54. The average Bonchev–Trinajstić information content (AvgIpc) is 2.35. The Balaban J connectivity index is 0.00000324. The van der Waals surface area contributed by atoms with Gasteiger partial charge in [0.1, 0.15) is 0 Å². The molecule has 19 heavy (non-hydrogen) atoms. The van der Waals surface area contributed by atoms with Crippen LogP contribution in [0.5, 0.6) is 0 Å². The maximum Gasteiger partial charge on any atom is 0.234 e. The average molecular weight is 293 g/mol. The minimum absolute atomic E-state index is 0. The summed E-state index contributed by atoms with van der Waals surface area (Å²) in [5.41, 5.74) is 0. The molecule has 0 radical (unpaired) electrons. The van der Waals surface area contributed by atoms with Crippen LogP contribution in [0.1, 0.15) is 39.5 Å². The van der Waals surface area contributed by atoms with Crippen LogP contribution in [0.25, 0.3) is 0 Å². The third-order valence-electron chi connectivity index (χ3n) is 3.79. The van der Waals surface area contributed by atoms with Crippen molar-refractivity contribution in [3.8, 4) is 0 Å². The second kappa shape index (κ2) is 10.5. The monoisotopic (exact) mass is 292 g/mol. The number of hydrogen-bond donors (Lipinski definition) is 2. The number of nitrogens with one attached hydrogen (secondary N) is 2. The molecule has 2 N–H and O–H groups in total. The van der Waals surface area contributed by atoms with E-state index in [0.29, 0.717) is 31.0 Å². The van der Waals surface area contributed by atoms with Gasteiger partial charge in [-0.05, 0) is 24.7 Å². The zero-order valence-corrected chi connectivity index (χ0v) is 13.2. The first-order chi connectivity index (χ1) is 8.65. The fourth-order valence-corrected chi connectivity index (χ4v) is 2.77. The zero-order chi connectivity index (χ0) is 13.4. The van der Waals surface area contributed by atoms with E-state index in [9.17, 15) is 4.79 Å². The lowest BCUT2D eigenvalue weighted by Crippen LogP contribution is -2.47. The molecule has 0 aromatic carbocycles. The minimum atomic E-state index is 0. The van der Waals surface area contributed by atoms with Gasteiger partial charge in [0.15, 0.2) is 0 Å². The molecular formula is C14H29ClN2O2. The van der Waals surface area contributed by atoms with Crippen LogP contribution in [-0.4, -0.2) is 38.8 Å². The molecule has 2 atom stereocenters. The van der Waals surface area contributed by atoms with Crippen LogP contribution in [0.15, 0.2) is 0 Å². The predicted octanol–water partition coefficient (Wildman–Crippen LogP) is 1.98. The number of carbonyl (C=O) groups excluding carboxylic acids is 1. The summed E-state index contributed by atoms with van der Waals surface area (Å²) in [7, 11) is 1.66. The minimum Gasteiger partial charge on any atom is -0.383 e. The molecule has 0 saturated heterocycles. The molecule has 1 aliphatic carbocycles. The van der Waals surface area contributed by atoms with Gasteiger partial charge in [-0.25, -0.2) is 0 Å². The molecule has 2 unspecified atom stereocenters. The Labute approximate surface area is 123 Å². The number of carbonyl (C=O) groups is 1. The molecule has 1 aliphatic rings. The fraction of sp³-hybridized carbons (Fsp3) is 0.929. The highest BCUT2D eigenvalue weighted by Crippen LogP contribution is 2.29. The lowest BCUT2D eigenvalue weighted by molar-refractivity contribution is -0.121. The molecule has 1 rings (SSSR count). The first kappa shape index (κ1) is 18.7. The molecule has 0 bridgehead atoms. The van der Waals surface area contributed by atoms with Gasteiger partial charge in [0, 0.05) is 19.7 Å². The number of ether oxygens (including phenoxy) is 1. The van der Waals surface area contributed by atoms with E-state index in [1.807, 2.05) is 0 Å². The largest absolute Gasteiger partial charge is 0.383 e. The van der Waals surface area contributed by atoms with Gasteiger partial charge in [-0.2, -0.15) is 0 Å². The van der Waals surface area contributed by atoms with E-state index in [0.717, 1.165) is 13.0 Å². The highest BCUT2D eigenvalue weighted by atomic mass is 35.5. The first-order valence-electron chi connectivity index (χ1n) is 7.14. The number of rotatable bonds is 7. The second-order valence-electron chi connectivity index (χ2n) is 5.54. The van der Waals surface area contributed by atoms with Gasteiger partial charge < -0.3 is 15.4 Å². The van der Waals surface area contributed by atoms with Crippen molar-refractivity contribution in [3.05, 3.63) is 0 Å². The summed E-state index contributed by atoms with van der Waals surface area (Å²) in [6.07, 6.45) is 4.93. The van der Waals surface area contributed by atoms with Crippen molar-refractivity contribution in [1.29, 1.82) is 0 Å². The molecule has 4 nitrogen and oxygen atoms in total. The van der Waals surface area contributed by atoms with E-state index in [4.69, 9.17) is 4.74 Å². The van der Waals surface area contributed by atoms with Crippen LogP contribution < -0.4 is 10.6 Å². The van der Waals surface area contributed by atoms with Crippen molar-refractivity contribution in [2.75, 3.05) is 26.8 Å². The Morgan fingerprint density at radius 1 is 1.32 bits per heavy atom. The van der Waals surface area contributed by atoms with Crippen molar-refractivity contribution < 1.29 is 9.53 Å².